The summed E-state index contributed by atoms with van der Waals surface area (Å²) in [7, 11) is 0. The molecule has 1 atom stereocenters. The summed E-state index contributed by atoms with van der Waals surface area (Å²) in [6.45, 7) is 4.27. The van der Waals surface area contributed by atoms with Crippen LogP contribution in [0.25, 0.3) is 0 Å². The molecule has 1 rings (SSSR count). The minimum absolute atomic E-state index is 0.0717. The number of nitrogens with two attached hydrogens (primary N) is 1. The van der Waals surface area contributed by atoms with Crippen molar-refractivity contribution in [3.63, 3.8) is 0 Å². The van der Waals surface area contributed by atoms with Gasteiger partial charge in [-0.15, -0.1) is 11.8 Å². The van der Waals surface area contributed by atoms with Crippen LogP contribution in [-0.2, 0) is 9.53 Å². The van der Waals surface area contributed by atoms with E-state index < -0.39 is 5.82 Å². The van der Waals surface area contributed by atoms with Crippen LogP contribution >= 0.6 is 27.7 Å². The minimum Gasteiger partial charge on any atom is -0.465 e. The average Bonchev–Trinajstić information content (AvgIpc) is 2.38. The second-order valence-corrected chi connectivity index (χ2v) is 6.09. The van der Waals surface area contributed by atoms with Crippen molar-refractivity contribution in [2.75, 3.05) is 12.3 Å². The van der Waals surface area contributed by atoms with Crippen LogP contribution in [0.5, 0.6) is 0 Å². The highest BCUT2D eigenvalue weighted by Crippen LogP contribution is 2.35. The Balaban J connectivity index is 2.81. The van der Waals surface area contributed by atoms with Gasteiger partial charge in [0.1, 0.15) is 11.1 Å². The lowest BCUT2D eigenvalue weighted by Crippen LogP contribution is -2.20. The molecule has 0 aliphatic heterocycles. The van der Waals surface area contributed by atoms with Gasteiger partial charge in [0.05, 0.1) is 12.3 Å². The molecule has 0 aliphatic carbocycles. The van der Waals surface area contributed by atoms with Crippen molar-refractivity contribution in [2.24, 2.45) is 0 Å². The summed E-state index contributed by atoms with van der Waals surface area (Å²) in [5, 5.41) is -0.312. The van der Waals surface area contributed by atoms with Crippen LogP contribution in [0.3, 0.4) is 0 Å². The molecule has 1 aromatic rings. The Morgan fingerprint density at radius 2 is 2.21 bits per heavy atom. The Bertz CT molecular complexity index is 457. The van der Waals surface area contributed by atoms with Crippen LogP contribution in [0.2, 0.25) is 0 Å². The monoisotopic (exact) mass is 349 g/mol. The fourth-order valence-electron chi connectivity index (χ4n) is 1.38. The Morgan fingerprint density at radius 1 is 1.53 bits per heavy atom. The fourth-order valence-corrected chi connectivity index (χ4v) is 2.98. The van der Waals surface area contributed by atoms with Gasteiger partial charge in [0.25, 0.3) is 0 Å². The highest BCUT2D eigenvalue weighted by Gasteiger charge is 2.21. The van der Waals surface area contributed by atoms with Crippen molar-refractivity contribution in [2.45, 2.75) is 36.8 Å². The van der Waals surface area contributed by atoms with Gasteiger partial charge < -0.3 is 10.5 Å². The number of hydrogen-bond donors (Lipinski definition) is 1. The molecule has 19 heavy (non-hydrogen) atoms. The predicted octanol–water partition coefficient (Wildman–Crippen LogP) is 3.99. The quantitative estimate of drug-likeness (QED) is 0.479. The molecule has 0 aliphatic rings. The summed E-state index contributed by atoms with van der Waals surface area (Å²) >= 11 is 4.60. The molecule has 0 spiro atoms. The summed E-state index contributed by atoms with van der Waals surface area (Å²) in [4.78, 5) is 12.6. The number of thioether (sulfide) groups is 1. The number of carbonyl (C=O) groups excluding carboxylic acids is 1. The first-order chi connectivity index (χ1) is 8.99. The Labute approximate surface area is 125 Å². The van der Waals surface area contributed by atoms with E-state index in [1.54, 1.807) is 0 Å². The molecule has 6 heteroatoms. The second-order valence-electron chi connectivity index (χ2n) is 3.99. The minimum atomic E-state index is -0.474. The maximum absolute atomic E-state index is 13.2. The van der Waals surface area contributed by atoms with E-state index in [0.29, 0.717) is 17.5 Å². The van der Waals surface area contributed by atoms with Gasteiger partial charge in [-0.05, 0) is 40.9 Å². The van der Waals surface area contributed by atoms with Crippen LogP contribution in [0.4, 0.5) is 10.1 Å². The van der Waals surface area contributed by atoms with Crippen LogP contribution in [-0.4, -0.2) is 17.8 Å². The van der Waals surface area contributed by atoms with Crippen LogP contribution in [0, 0.1) is 5.82 Å². The number of anilines is 1. The Kier molecular flexibility index (Phi) is 6.65. The Morgan fingerprint density at radius 3 is 2.79 bits per heavy atom. The summed E-state index contributed by atoms with van der Waals surface area (Å²) in [5.41, 5.74) is 5.61. The number of esters is 1. The fraction of sp³-hybridized carbons (Fsp3) is 0.462. The maximum atomic E-state index is 13.2. The zero-order valence-electron chi connectivity index (χ0n) is 10.9. The van der Waals surface area contributed by atoms with Gasteiger partial charge in [-0.3, -0.25) is 4.79 Å². The van der Waals surface area contributed by atoms with Gasteiger partial charge in [0.2, 0.25) is 0 Å². The molecule has 0 fully saturated rings. The molecule has 1 unspecified atom stereocenters. The Hall–Kier alpha value is -0.750. The van der Waals surface area contributed by atoms with E-state index in [9.17, 15) is 9.18 Å². The van der Waals surface area contributed by atoms with Gasteiger partial charge in [-0.25, -0.2) is 4.39 Å². The summed E-state index contributed by atoms with van der Waals surface area (Å²) in [6.07, 6.45) is 1.43. The van der Waals surface area contributed by atoms with Crippen LogP contribution in [0.1, 0.15) is 26.7 Å². The molecule has 0 saturated carbocycles. The van der Waals surface area contributed by atoms with Gasteiger partial charge in [-0.1, -0.05) is 13.8 Å². The molecule has 3 nitrogen and oxygen atoms in total. The zero-order chi connectivity index (χ0) is 14.4. The van der Waals surface area contributed by atoms with Crippen molar-refractivity contribution in [1.29, 1.82) is 0 Å². The van der Waals surface area contributed by atoms with E-state index in [1.807, 2.05) is 13.8 Å². The zero-order valence-corrected chi connectivity index (χ0v) is 13.3. The van der Waals surface area contributed by atoms with Crippen LogP contribution < -0.4 is 5.73 Å². The molecular weight excluding hydrogens is 333 g/mol. The van der Waals surface area contributed by atoms with E-state index in [-0.39, 0.29) is 16.9 Å². The molecule has 0 bridgehead atoms. The lowest BCUT2D eigenvalue weighted by atomic mass is 10.3. The van der Waals surface area contributed by atoms with E-state index in [1.165, 1.54) is 23.9 Å². The normalized spacial score (nSPS) is 12.2. The number of ether oxygens (including phenoxy) is 1. The molecule has 0 radical (unpaired) electrons. The van der Waals surface area contributed by atoms with E-state index in [4.69, 9.17) is 10.5 Å². The summed E-state index contributed by atoms with van der Waals surface area (Å²) in [6, 6.07) is 2.83. The van der Waals surface area contributed by atoms with E-state index in [0.717, 1.165) is 11.3 Å². The maximum Gasteiger partial charge on any atom is 0.319 e. The molecule has 1 aromatic carbocycles. The van der Waals surface area contributed by atoms with E-state index >= 15 is 0 Å². The number of rotatable bonds is 6. The number of nitrogen functional groups attached to an aromatic ring is 1. The first kappa shape index (κ1) is 16.3. The van der Waals surface area contributed by atoms with Crippen molar-refractivity contribution < 1.29 is 13.9 Å². The first-order valence-electron chi connectivity index (χ1n) is 6.07. The largest absolute Gasteiger partial charge is 0.465 e. The lowest BCUT2D eigenvalue weighted by Gasteiger charge is -2.15. The van der Waals surface area contributed by atoms with Gasteiger partial charge >= 0.3 is 5.97 Å². The molecule has 0 amide bonds. The first-order valence-corrected chi connectivity index (χ1v) is 7.74. The van der Waals surface area contributed by atoms with Crippen molar-refractivity contribution in [3.05, 3.63) is 22.4 Å². The van der Waals surface area contributed by atoms with Gasteiger partial charge in [0, 0.05) is 9.37 Å². The highest BCUT2D eigenvalue weighted by atomic mass is 79.9. The number of benzene rings is 1. The SMILES string of the molecule is CCCOC(=O)C(CC)Sc1cc(N)c(F)cc1Br. The third-order valence-electron chi connectivity index (χ3n) is 2.40. The standard InChI is InChI=1S/C13H17BrFNO2S/c1-3-5-18-13(17)11(4-2)19-12-7-10(16)9(15)6-8(12)14/h6-7,11H,3-5,16H2,1-2H3. The molecule has 2 N–H and O–H groups in total. The smallest absolute Gasteiger partial charge is 0.319 e. The molecular formula is C13H17BrFNO2S. The number of carbonyl (C=O) groups is 1. The molecule has 0 saturated heterocycles. The number of halogens is 2. The summed E-state index contributed by atoms with van der Waals surface area (Å²) in [5.74, 6) is -0.720. The van der Waals surface area contributed by atoms with Crippen molar-refractivity contribution >= 4 is 39.3 Å². The average molecular weight is 350 g/mol. The van der Waals surface area contributed by atoms with Crippen molar-refractivity contribution in [3.8, 4) is 0 Å². The van der Waals surface area contributed by atoms with E-state index in [2.05, 4.69) is 15.9 Å². The molecule has 106 valence electrons. The third kappa shape index (κ3) is 4.69. The number of hydrogen-bond acceptors (Lipinski definition) is 4. The van der Waals surface area contributed by atoms with Gasteiger partial charge in [-0.2, -0.15) is 0 Å². The highest BCUT2D eigenvalue weighted by molar-refractivity contribution is 9.10. The topological polar surface area (TPSA) is 52.3 Å². The van der Waals surface area contributed by atoms with Crippen molar-refractivity contribution in [1.82, 2.24) is 0 Å². The lowest BCUT2D eigenvalue weighted by molar-refractivity contribution is -0.143. The van der Waals surface area contributed by atoms with Crippen LogP contribution in [0.15, 0.2) is 21.5 Å². The summed E-state index contributed by atoms with van der Waals surface area (Å²) < 4.78 is 19.0. The second kappa shape index (κ2) is 7.75. The molecule has 0 aromatic heterocycles. The third-order valence-corrected chi connectivity index (χ3v) is 4.72. The molecule has 0 heterocycles. The van der Waals surface area contributed by atoms with Gasteiger partial charge in [0.15, 0.2) is 0 Å². The predicted molar refractivity (Wildman–Crippen MR) is 79.7 cm³/mol.